The normalized spacial score (nSPS) is 23.2. The largest absolute Gasteiger partial charge is 0.463 e. The SMILES string of the molecule is CC(=O)OCC1O[C@@H](OC(C)=O)C(OC(C)=O)C(n2cc(-c3cc(F)c(Cl)c(F)c3)cn2)[C@H]1OC(C)=O. The summed E-state index contributed by atoms with van der Waals surface area (Å²) in [6.45, 7) is 4.04. The zero-order valence-corrected chi connectivity index (χ0v) is 20.9. The van der Waals surface area contributed by atoms with E-state index >= 15 is 0 Å². The van der Waals surface area contributed by atoms with Gasteiger partial charge in [0.25, 0.3) is 0 Å². The quantitative estimate of drug-likeness (QED) is 0.291. The van der Waals surface area contributed by atoms with Crippen molar-refractivity contribution in [2.24, 2.45) is 0 Å². The van der Waals surface area contributed by atoms with Gasteiger partial charge in [0.2, 0.25) is 6.29 Å². The first kappa shape index (κ1) is 28.0. The predicted molar refractivity (Wildman–Crippen MR) is 120 cm³/mol. The van der Waals surface area contributed by atoms with Gasteiger partial charge in [0.05, 0.1) is 6.20 Å². The highest BCUT2D eigenvalue weighted by molar-refractivity contribution is 6.31. The van der Waals surface area contributed by atoms with Crippen LogP contribution in [0.5, 0.6) is 0 Å². The van der Waals surface area contributed by atoms with Gasteiger partial charge in [-0.2, -0.15) is 5.10 Å². The topological polar surface area (TPSA) is 132 Å². The Morgan fingerprint density at radius 2 is 1.49 bits per heavy atom. The molecule has 0 radical (unpaired) electrons. The van der Waals surface area contributed by atoms with Crippen LogP contribution in [0.1, 0.15) is 33.7 Å². The number of hydrogen-bond acceptors (Lipinski definition) is 10. The van der Waals surface area contributed by atoms with E-state index in [1.807, 2.05) is 0 Å². The van der Waals surface area contributed by atoms with Gasteiger partial charge >= 0.3 is 23.9 Å². The first-order valence-electron chi connectivity index (χ1n) is 10.9. The smallest absolute Gasteiger partial charge is 0.305 e. The van der Waals surface area contributed by atoms with Crippen molar-refractivity contribution in [3.8, 4) is 11.1 Å². The molecule has 2 aromatic rings. The fraction of sp³-hybridized carbons (Fsp3) is 0.435. The molecule has 14 heteroatoms. The molecule has 3 rings (SSSR count). The first-order valence-corrected chi connectivity index (χ1v) is 11.2. The van der Waals surface area contributed by atoms with Gasteiger partial charge in [-0.15, -0.1) is 0 Å². The molecule has 0 aliphatic carbocycles. The number of aromatic nitrogens is 2. The Morgan fingerprint density at radius 3 is 2.03 bits per heavy atom. The van der Waals surface area contributed by atoms with Gasteiger partial charge < -0.3 is 23.7 Å². The van der Waals surface area contributed by atoms with E-state index in [1.165, 1.54) is 17.1 Å². The van der Waals surface area contributed by atoms with Crippen LogP contribution in [0.15, 0.2) is 24.5 Å². The summed E-state index contributed by atoms with van der Waals surface area (Å²) >= 11 is 5.57. The number of halogens is 3. The number of hydrogen-bond donors (Lipinski definition) is 0. The summed E-state index contributed by atoms with van der Waals surface area (Å²) in [5, 5.41) is 3.53. The number of esters is 4. The molecule has 5 atom stereocenters. The summed E-state index contributed by atoms with van der Waals surface area (Å²) in [7, 11) is 0. The highest BCUT2D eigenvalue weighted by Gasteiger charge is 2.53. The van der Waals surface area contributed by atoms with Gasteiger partial charge in [0.15, 0.2) is 12.2 Å². The fourth-order valence-corrected chi connectivity index (χ4v) is 3.92. The van der Waals surface area contributed by atoms with Crippen LogP contribution in [0.25, 0.3) is 11.1 Å². The number of benzene rings is 1. The molecule has 0 spiro atoms. The Balaban J connectivity index is 2.12. The number of ether oxygens (including phenoxy) is 5. The Kier molecular flexibility index (Phi) is 8.81. The van der Waals surface area contributed by atoms with E-state index < -0.39 is 77.8 Å². The minimum atomic E-state index is -1.52. The molecule has 11 nitrogen and oxygen atoms in total. The summed E-state index contributed by atoms with van der Waals surface area (Å²) in [6, 6.07) is 0.798. The molecule has 3 unspecified atom stereocenters. The van der Waals surface area contributed by atoms with Gasteiger partial charge in [0, 0.05) is 39.5 Å². The van der Waals surface area contributed by atoms with Crippen molar-refractivity contribution in [3.63, 3.8) is 0 Å². The van der Waals surface area contributed by atoms with E-state index in [2.05, 4.69) is 5.10 Å². The van der Waals surface area contributed by atoms with E-state index in [9.17, 15) is 28.0 Å². The van der Waals surface area contributed by atoms with Gasteiger partial charge in [-0.3, -0.25) is 23.9 Å². The third kappa shape index (κ3) is 6.80. The van der Waals surface area contributed by atoms with Crippen LogP contribution < -0.4 is 0 Å². The Bertz CT molecular complexity index is 1180. The number of carbonyl (C=O) groups is 4. The van der Waals surface area contributed by atoms with Crippen LogP contribution in [-0.2, 0) is 42.9 Å². The highest BCUT2D eigenvalue weighted by Crippen LogP contribution is 2.36. The third-order valence-corrected chi connectivity index (χ3v) is 5.54. The van der Waals surface area contributed by atoms with Crippen LogP contribution in [0.2, 0.25) is 5.02 Å². The maximum atomic E-state index is 14.1. The molecule has 2 heterocycles. The average molecular weight is 545 g/mol. The summed E-state index contributed by atoms with van der Waals surface area (Å²) in [5.41, 5.74) is 0.309. The molecule has 200 valence electrons. The van der Waals surface area contributed by atoms with E-state index in [0.717, 1.165) is 39.8 Å². The summed E-state index contributed by atoms with van der Waals surface area (Å²) in [4.78, 5) is 47.2. The van der Waals surface area contributed by atoms with Crippen LogP contribution in [0, 0.1) is 11.6 Å². The molecule has 0 saturated carbocycles. The molecule has 1 aliphatic heterocycles. The lowest BCUT2D eigenvalue weighted by molar-refractivity contribution is -0.285. The van der Waals surface area contributed by atoms with Crippen molar-refractivity contribution >= 4 is 35.5 Å². The first-order chi connectivity index (χ1) is 17.4. The standard InChI is InChI=1S/C23H23ClF2N2O9/c1-10(29)33-9-18-21(34-11(2)30)20(22(35-12(3)31)23(37-18)36-13(4)32)28-8-15(7-27-28)14-5-16(25)19(24)17(26)6-14/h5-8,18,20-23H,9H2,1-4H3/t18?,20?,21-,22?,23+/m0/s1. The van der Waals surface area contributed by atoms with E-state index in [-0.39, 0.29) is 11.1 Å². The zero-order valence-electron chi connectivity index (χ0n) is 20.1. The van der Waals surface area contributed by atoms with Gasteiger partial charge in [-0.05, 0) is 17.7 Å². The molecule has 37 heavy (non-hydrogen) atoms. The maximum absolute atomic E-state index is 14.1. The van der Waals surface area contributed by atoms with Crippen molar-refractivity contribution in [3.05, 3.63) is 41.2 Å². The van der Waals surface area contributed by atoms with Crippen molar-refractivity contribution in [1.29, 1.82) is 0 Å². The molecule has 1 aromatic heterocycles. The Hall–Kier alpha value is -3.58. The lowest BCUT2D eigenvalue weighted by Gasteiger charge is -2.44. The van der Waals surface area contributed by atoms with Crippen LogP contribution in [-0.4, -0.2) is 64.9 Å². The Morgan fingerprint density at radius 1 is 0.919 bits per heavy atom. The molecule has 1 saturated heterocycles. The van der Waals surface area contributed by atoms with Crippen molar-refractivity contribution < 1.29 is 51.6 Å². The molecule has 1 aromatic carbocycles. The van der Waals surface area contributed by atoms with Crippen molar-refractivity contribution in [2.75, 3.05) is 6.61 Å². The summed E-state index contributed by atoms with van der Waals surface area (Å²) in [5.74, 6) is -4.99. The monoisotopic (exact) mass is 544 g/mol. The molecule has 1 aliphatic rings. The summed E-state index contributed by atoms with van der Waals surface area (Å²) in [6.07, 6.45) is -2.78. The Labute approximate surface area is 214 Å². The predicted octanol–water partition coefficient (Wildman–Crippen LogP) is 2.74. The van der Waals surface area contributed by atoms with Crippen molar-refractivity contribution in [2.45, 2.75) is 58.3 Å². The summed E-state index contributed by atoms with van der Waals surface area (Å²) < 4.78 is 56.1. The van der Waals surface area contributed by atoms with E-state index in [4.69, 9.17) is 35.3 Å². The van der Waals surface area contributed by atoms with Crippen LogP contribution >= 0.6 is 11.6 Å². The number of carbonyl (C=O) groups excluding carboxylic acids is 4. The maximum Gasteiger partial charge on any atom is 0.305 e. The number of rotatable bonds is 7. The second-order valence-electron chi connectivity index (χ2n) is 8.06. The van der Waals surface area contributed by atoms with E-state index in [0.29, 0.717) is 0 Å². The fourth-order valence-electron chi connectivity index (χ4n) is 3.81. The molecular formula is C23H23ClF2N2O9. The minimum Gasteiger partial charge on any atom is -0.463 e. The second kappa shape index (κ2) is 11.6. The van der Waals surface area contributed by atoms with Crippen LogP contribution in [0.3, 0.4) is 0 Å². The molecule has 0 bridgehead atoms. The lowest BCUT2D eigenvalue weighted by Crippen LogP contribution is -2.59. The minimum absolute atomic E-state index is 0.0822. The lowest BCUT2D eigenvalue weighted by atomic mass is 9.95. The molecule has 1 fully saturated rings. The third-order valence-electron chi connectivity index (χ3n) is 5.18. The second-order valence-corrected chi connectivity index (χ2v) is 8.43. The highest BCUT2D eigenvalue weighted by atomic mass is 35.5. The molecular weight excluding hydrogens is 522 g/mol. The van der Waals surface area contributed by atoms with E-state index in [1.54, 1.807) is 0 Å². The van der Waals surface area contributed by atoms with Crippen molar-refractivity contribution in [1.82, 2.24) is 9.78 Å². The molecule has 0 amide bonds. The molecule has 0 N–H and O–H groups in total. The van der Waals surface area contributed by atoms with Gasteiger partial charge in [-0.25, -0.2) is 8.78 Å². The van der Waals surface area contributed by atoms with Crippen LogP contribution in [0.4, 0.5) is 8.78 Å². The van der Waals surface area contributed by atoms with Gasteiger partial charge in [0.1, 0.15) is 35.4 Å². The average Bonchev–Trinajstić information content (AvgIpc) is 3.26. The zero-order chi connectivity index (χ0) is 27.4. The van der Waals surface area contributed by atoms with Gasteiger partial charge in [-0.1, -0.05) is 11.6 Å². The number of nitrogens with zero attached hydrogens (tertiary/aromatic N) is 2.